The fourth-order valence-electron chi connectivity index (χ4n) is 1.05. The van der Waals surface area contributed by atoms with E-state index < -0.39 is 0 Å². The molecule has 0 aliphatic rings. The first-order valence-electron chi connectivity index (χ1n) is 3.91. The maximum absolute atomic E-state index is 8.76. The van der Waals surface area contributed by atoms with E-state index in [1.165, 1.54) is 4.88 Å². The Hall–Kier alpha value is -1.20. The third-order valence-electron chi connectivity index (χ3n) is 1.65. The summed E-state index contributed by atoms with van der Waals surface area (Å²) in [4.78, 5) is 1.23. The minimum absolute atomic E-state index is 0.0512. The molecule has 0 atom stereocenters. The number of hydrogen-bond donors (Lipinski definition) is 1. The summed E-state index contributed by atoms with van der Waals surface area (Å²) in [7, 11) is 0. The van der Waals surface area contributed by atoms with Crippen LogP contribution in [0.25, 0.3) is 0 Å². The Bertz CT molecular complexity index is 368. The van der Waals surface area contributed by atoms with Gasteiger partial charge in [-0.15, -0.1) is 16.4 Å². The zero-order valence-electron chi connectivity index (χ0n) is 6.92. The average Bonchev–Trinajstić information content (AvgIpc) is 2.76. The van der Waals surface area contributed by atoms with E-state index in [0.717, 1.165) is 6.54 Å². The van der Waals surface area contributed by atoms with E-state index in [9.17, 15) is 0 Å². The highest BCUT2D eigenvalue weighted by Gasteiger charge is 2.00. The summed E-state index contributed by atoms with van der Waals surface area (Å²) in [6.07, 6.45) is 1.75. The molecule has 4 nitrogen and oxygen atoms in total. The van der Waals surface area contributed by atoms with Gasteiger partial charge in [-0.05, 0) is 11.4 Å². The molecule has 0 bridgehead atoms. The van der Waals surface area contributed by atoms with Gasteiger partial charge in [-0.2, -0.15) is 0 Å². The smallest absolute Gasteiger partial charge is 0.108 e. The molecule has 2 heterocycles. The molecule has 13 heavy (non-hydrogen) atoms. The normalized spacial score (nSPS) is 10.5. The Morgan fingerprint density at radius 3 is 3.08 bits per heavy atom. The van der Waals surface area contributed by atoms with Gasteiger partial charge >= 0.3 is 0 Å². The number of thiophene rings is 1. The summed E-state index contributed by atoms with van der Waals surface area (Å²) in [5.41, 5.74) is 0.608. The molecule has 0 saturated carbocycles. The molecule has 0 amide bonds. The molecule has 5 heteroatoms. The molecular formula is C8H9N3OS. The van der Waals surface area contributed by atoms with Gasteiger partial charge in [0, 0.05) is 4.88 Å². The predicted molar refractivity (Wildman–Crippen MR) is 49.4 cm³/mol. The van der Waals surface area contributed by atoms with E-state index >= 15 is 0 Å². The summed E-state index contributed by atoms with van der Waals surface area (Å²) in [5, 5.41) is 18.4. The van der Waals surface area contributed by atoms with E-state index in [2.05, 4.69) is 10.3 Å². The van der Waals surface area contributed by atoms with Crippen molar-refractivity contribution >= 4 is 11.3 Å². The number of aromatic nitrogens is 3. The van der Waals surface area contributed by atoms with Crippen molar-refractivity contribution < 1.29 is 5.11 Å². The third-order valence-corrected chi connectivity index (χ3v) is 2.51. The summed E-state index contributed by atoms with van der Waals surface area (Å²) in [5.74, 6) is 0. The molecule has 0 aliphatic carbocycles. The molecule has 0 aromatic carbocycles. The van der Waals surface area contributed by atoms with Crippen molar-refractivity contribution in [3.63, 3.8) is 0 Å². The van der Waals surface area contributed by atoms with Crippen molar-refractivity contribution in [1.29, 1.82) is 0 Å². The van der Waals surface area contributed by atoms with Gasteiger partial charge in [0.25, 0.3) is 0 Å². The van der Waals surface area contributed by atoms with Crippen molar-refractivity contribution in [2.24, 2.45) is 0 Å². The Morgan fingerprint density at radius 2 is 2.46 bits per heavy atom. The van der Waals surface area contributed by atoms with Crippen LogP contribution in [0.5, 0.6) is 0 Å². The Balaban J connectivity index is 2.10. The number of aliphatic hydroxyl groups is 1. The first kappa shape index (κ1) is 8.40. The van der Waals surface area contributed by atoms with Crippen LogP contribution in [0.4, 0.5) is 0 Å². The summed E-state index contributed by atoms with van der Waals surface area (Å²) in [6.45, 7) is 0.676. The van der Waals surface area contributed by atoms with Crippen LogP contribution in [0.15, 0.2) is 23.7 Å². The topological polar surface area (TPSA) is 50.9 Å². The van der Waals surface area contributed by atoms with Gasteiger partial charge < -0.3 is 5.11 Å². The second-order valence-electron chi connectivity index (χ2n) is 2.64. The lowest BCUT2D eigenvalue weighted by molar-refractivity contribution is 0.276. The second kappa shape index (κ2) is 3.68. The molecule has 0 aliphatic heterocycles. The lowest BCUT2D eigenvalue weighted by Gasteiger charge is -1.94. The van der Waals surface area contributed by atoms with Crippen LogP contribution < -0.4 is 0 Å². The lowest BCUT2D eigenvalue weighted by Crippen LogP contribution is -1.97. The SMILES string of the molecule is OCc1cn(Cc2cccs2)nn1. The van der Waals surface area contributed by atoms with Gasteiger partial charge in [-0.25, -0.2) is 4.68 Å². The molecule has 2 rings (SSSR count). The Kier molecular flexibility index (Phi) is 2.37. The Labute approximate surface area is 79.4 Å². The van der Waals surface area contributed by atoms with Gasteiger partial charge in [0.2, 0.25) is 0 Å². The van der Waals surface area contributed by atoms with Gasteiger partial charge in [-0.1, -0.05) is 11.3 Å². The first-order valence-corrected chi connectivity index (χ1v) is 4.78. The molecule has 0 radical (unpaired) electrons. The maximum atomic E-state index is 8.76. The highest BCUT2D eigenvalue weighted by atomic mass is 32.1. The van der Waals surface area contributed by atoms with Crippen LogP contribution in [0.3, 0.4) is 0 Å². The highest BCUT2D eigenvalue weighted by Crippen LogP contribution is 2.09. The Morgan fingerprint density at radius 1 is 1.54 bits per heavy atom. The molecule has 2 aromatic heterocycles. The minimum Gasteiger partial charge on any atom is -0.390 e. The van der Waals surface area contributed by atoms with Crippen LogP contribution in [0, 0.1) is 0 Å². The van der Waals surface area contributed by atoms with Crippen LogP contribution in [0.1, 0.15) is 10.6 Å². The summed E-state index contributed by atoms with van der Waals surface area (Å²) < 4.78 is 1.72. The van der Waals surface area contributed by atoms with E-state index in [4.69, 9.17) is 5.11 Å². The van der Waals surface area contributed by atoms with Gasteiger partial charge in [0.05, 0.1) is 19.3 Å². The summed E-state index contributed by atoms with van der Waals surface area (Å²) >= 11 is 1.68. The fourth-order valence-corrected chi connectivity index (χ4v) is 1.75. The number of aliphatic hydroxyl groups excluding tert-OH is 1. The minimum atomic E-state index is -0.0512. The second-order valence-corrected chi connectivity index (χ2v) is 3.68. The standard InChI is InChI=1S/C8H9N3OS/c12-6-7-4-11(10-9-7)5-8-2-1-3-13-8/h1-4,12H,5-6H2. The number of hydrogen-bond acceptors (Lipinski definition) is 4. The largest absolute Gasteiger partial charge is 0.390 e. The molecule has 0 spiro atoms. The molecule has 0 unspecified atom stereocenters. The number of rotatable bonds is 3. The van der Waals surface area contributed by atoms with E-state index in [1.807, 2.05) is 17.5 Å². The molecule has 0 saturated heterocycles. The van der Waals surface area contributed by atoms with Crippen molar-refractivity contribution in [2.75, 3.05) is 0 Å². The summed E-state index contributed by atoms with van der Waals surface area (Å²) in [6, 6.07) is 4.05. The number of nitrogens with zero attached hydrogens (tertiary/aromatic N) is 3. The van der Waals surface area contributed by atoms with Crippen molar-refractivity contribution in [3.05, 3.63) is 34.3 Å². The molecule has 0 fully saturated rings. The van der Waals surface area contributed by atoms with Crippen LogP contribution in [-0.2, 0) is 13.2 Å². The molecule has 68 valence electrons. The average molecular weight is 195 g/mol. The quantitative estimate of drug-likeness (QED) is 0.791. The fraction of sp³-hybridized carbons (Fsp3) is 0.250. The van der Waals surface area contributed by atoms with Crippen molar-refractivity contribution in [1.82, 2.24) is 15.0 Å². The zero-order valence-corrected chi connectivity index (χ0v) is 7.74. The van der Waals surface area contributed by atoms with Crippen LogP contribution in [0.2, 0.25) is 0 Å². The van der Waals surface area contributed by atoms with Crippen molar-refractivity contribution in [2.45, 2.75) is 13.2 Å². The highest BCUT2D eigenvalue weighted by molar-refractivity contribution is 7.09. The first-order chi connectivity index (χ1) is 6.38. The van der Waals surface area contributed by atoms with Crippen molar-refractivity contribution in [3.8, 4) is 0 Å². The lowest BCUT2D eigenvalue weighted by atomic mass is 10.4. The van der Waals surface area contributed by atoms with Gasteiger partial charge in [-0.3, -0.25) is 0 Å². The predicted octanol–water partition coefficient (Wildman–Crippen LogP) is 0.880. The van der Waals surface area contributed by atoms with Crippen LogP contribution >= 0.6 is 11.3 Å². The molecular weight excluding hydrogens is 186 g/mol. The van der Waals surface area contributed by atoms with Crippen LogP contribution in [-0.4, -0.2) is 20.1 Å². The zero-order chi connectivity index (χ0) is 9.10. The van der Waals surface area contributed by atoms with E-state index in [-0.39, 0.29) is 6.61 Å². The molecule has 1 N–H and O–H groups in total. The third kappa shape index (κ3) is 1.93. The molecule has 2 aromatic rings. The van der Waals surface area contributed by atoms with Gasteiger partial charge in [0.1, 0.15) is 5.69 Å². The monoisotopic (exact) mass is 195 g/mol. The van der Waals surface area contributed by atoms with E-state index in [1.54, 1.807) is 22.2 Å². The van der Waals surface area contributed by atoms with E-state index in [0.29, 0.717) is 5.69 Å². The maximum Gasteiger partial charge on any atom is 0.108 e. The van der Waals surface area contributed by atoms with Gasteiger partial charge in [0.15, 0.2) is 0 Å².